The molecule has 0 unspecified atom stereocenters. The number of pyridine rings is 1. The van der Waals surface area contributed by atoms with E-state index in [1.807, 2.05) is 0 Å². The number of likely N-dealkylation sites (tertiary alicyclic amines) is 1. The van der Waals surface area contributed by atoms with E-state index in [9.17, 15) is 0 Å². The molecule has 4 rings (SSSR count). The van der Waals surface area contributed by atoms with E-state index in [4.69, 9.17) is 4.98 Å². The van der Waals surface area contributed by atoms with Gasteiger partial charge >= 0.3 is 0 Å². The third kappa shape index (κ3) is 3.35. The van der Waals surface area contributed by atoms with Gasteiger partial charge in [0.15, 0.2) is 0 Å². The Kier molecular flexibility index (Phi) is 4.84. The van der Waals surface area contributed by atoms with Gasteiger partial charge in [0, 0.05) is 11.1 Å². The van der Waals surface area contributed by atoms with Gasteiger partial charge in [0.1, 0.15) is 0 Å². The molecule has 1 aliphatic heterocycles. The van der Waals surface area contributed by atoms with Crippen LogP contribution in [-0.2, 0) is 19.3 Å². The minimum Gasteiger partial charge on any atom is -0.303 e. The zero-order chi connectivity index (χ0) is 16.4. The number of aromatic nitrogens is 1. The maximum absolute atomic E-state index is 4.93. The summed E-state index contributed by atoms with van der Waals surface area (Å²) in [4.78, 5) is 7.56. The van der Waals surface area contributed by atoms with Gasteiger partial charge in [0.05, 0.1) is 5.52 Å². The summed E-state index contributed by atoms with van der Waals surface area (Å²) in [7, 11) is 0. The third-order valence-electron chi connectivity index (χ3n) is 5.97. The van der Waals surface area contributed by atoms with Crippen molar-refractivity contribution in [2.24, 2.45) is 0 Å². The van der Waals surface area contributed by atoms with Gasteiger partial charge in [-0.1, -0.05) is 12.1 Å². The van der Waals surface area contributed by atoms with Gasteiger partial charge in [-0.2, -0.15) is 0 Å². The van der Waals surface area contributed by atoms with E-state index >= 15 is 0 Å². The molecule has 2 heterocycles. The normalized spacial score (nSPS) is 18.2. The van der Waals surface area contributed by atoms with E-state index in [0.717, 1.165) is 0 Å². The number of fused-ring (bicyclic) bond motifs is 3. The van der Waals surface area contributed by atoms with Gasteiger partial charge in [-0.05, 0) is 107 Å². The number of aryl methyl sites for hydroxylation is 3. The highest BCUT2D eigenvalue weighted by atomic mass is 15.1. The van der Waals surface area contributed by atoms with E-state index in [1.54, 1.807) is 5.56 Å². The minimum atomic E-state index is 1.20. The van der Waals surface area contributed by atoms with Crippen LogP contribution in [0.25, 0.3) is 10.9 Å². The highest BCUT2D eigenvalue weighted by Crippen LogP contribution is 2.30. The van der Waals surface area contributed by atoms with Gasteiger partial charge < -0.3 is 4.90 Å². The van der Waals surface area contributed by atoms with Gasteiger partial charge in [0.2, 0.25) is 0 Å². The summed E-state index contributed by atoms with van der Waals surface area (Å²) in [5.74, 6) is 0. The van der Waals surface area contributed by atoms with Crippen molar-refractivity contribution in [2.45, 2.75) is 64.7 Å². The summed E-state index contributed by atoms with van der Waals surface area (Å²) < 4.78 is 0. The number of rotatable bonds is 5. The standard InChI is InChI=1S/C22H30N2/c1-17-19-9-2-3-10-20(19)21-12-11-18(16-22(21)23-17)8-4-5-13-24-14-6-7-15-24/h11-12,16H,2-10,13-15H2,1H3. The van der Waals surface area contributed by atoms with Crippen molar-refractivity contribution in [3.8, 4) is 0 Å². The fourth-order valence-corrected chi connectivity index (χ4v) is 4.60. The first kappa shape index (κ1) is 16.1. The predicted octanol–water partition coefficient (Wildman–Crippen LogP) is 4.84. The van der Waals surface area contributed by atoms with Gasteiger partial charge in [-0.15, -0.1) is 0 Å². The monoisotopic (exact) mass is 322 g/mol. The topological polar surface area (TPSA) is 16.1 Å². The van der Waals surface area contributed by atoms with Crippen LogP contribution in [0.4, 0.5) is 0 Å². The van der Waals surface area contributed by atoms with Gasteiger partial charge in [0.25, 0.3) is 0 Å². The lowest BCUT2D eigenvalue weighted by atomic mass is 9.88. The van der Waals surface area contributed by atoms with Crippen LogP contribution in [-0.4, -0.2) is 29.5 Å². The van der Waals surface area contributed by atoms with Crippen molar-refractivity contribution in [2.75, 3.05) is 19.6 Å². The minimum absolute atomic E-state index is 1.20. The molecule has 0 saturated carbocycles. The average Bonchev–Trinajstić information content (AvgIpc) is 3.12. The SMILES string of the molecule is Cc1nc2cc(CCCCN3CCCC3)ccc2c2c1CCCC2. The molecule has 0 amide bonds. The van der Waals surface area contributed by atoms with Crippen LogP contribution in [0.3, 0.4) is 0 Å². The fourth-order valence-electron chi connectivity index (χ4n) is 4.60. The molecule has 1 aromatic heterocycles. The molecule has 0 atom stereocenters. The Labute approximate surface area is 146 Å². The summed E-state index contributed by atoms with van der Waals surface area (Å²) in [5.41, 5.74) is 7.08. The second-order valence-electron chi connectivity index (χ2n) is 7.72. The lowest BCUT2D eigenvalue weighted by molar-refractivity contribution is 0.330. The zero-order valence-corrected chi connectivity index (χ0v) is 15.1. The van der Waals surface area contributed by atoms with Crippen LogP contribution in [0.2, 0.25) is 0 Å². The van der Waals surface area contributed by atoms with Crippen LogP contribution in [0.5, 0.6) is 0 Å². The summed E-state index contributed by atoms with van der Waals surface area (Å²) >= 11 is 0. The Morgan fingerprint density at radius 2 is 1.75 bits per heavy atom. The molecular weight excluding hydrogens is 292 g/mol. The van der Waals surface area contributed by atoms with Gasteiger partial charge in [-0.3, -0.25) is 4.98 Å². The van der Waals surface area contributed by atoms with Crippen LogP contribution < -0.4 is 0 Å². The predicted molar refractivity (Wildman–Crippen MR) is 102 cm³/mol. The first-order valence-electron chi connectivity index (χ1n) is 9.94. The molecule has 2 heteroatoms. The van der Waals surface area contributed by atoms with Crippen molar-refractivity contribution >= 4 is 10.9 Å². The zero-order valence-electron chi connectivity index (χ0n) is 15.1. The lowest BCUT2D eigenvalue weighted by Gasteiger charge is -2.20. The molecule has 2 aromatic rings. The van der Waals surface area contributed by atoms with Crippen LogP contribution >= 0.6 is 0 Å². The molecule has 1 saturated heterocycles. The quantitative estimate of drug-likeness (QED) is 0.732. The number of benzene rings is 1. The van der Waals surface area contributed by atoms with Crippen LogP contribution in [0.1, 0.15) is 60.9 Å². The van der Waals surface area contributed by atoms with E-state index in [1.165, 1.54) is 105 Å². The van der Waals surface area contributed by atoms with Crippen LogP contribution in [0, 0.1) is 6.92 Å². The number of hydrogen-bond donors (Lipinski definition) is 0. The van der Waals surface area contributed by atoms with E-state index in [2.05, 4.69) is 30.0 Å². The number of hydrogen-bond acceptors (Lipinski definition) is 2. The molecule has 2 aliphatic rings. The molecule has 128 valence electrons. The molecule has 0 N–H and O–H groups in total. The molecule has 2 nitrogen and oxygen atoms in total. The molecule has 0 radical (unpaired) electrons. The number of nitrogens with zero attached hydrogens (tertiary/aromatic N) is 2. The number of unbranched alkanes of at least 4 members (excludes halogenated alkanes) is 1. The Hall–Kier alpha value is -1.41. The summed E-state index contributed by atoms with van der Waals surface area (Å²) in [6, 6.07) is 7.05. The van der Waals surface area contributed by atoms with Crippen molar-refractivity contribution < 1.29 is 0 Å². The highest BCUT2D eigenvalue weighted by Gasteiger charge is 2.16. The largest absolute Gasteiger partial charge is 0.303 e. The third-order valence-corrected chi connectivity index (χ3v) is 5.97. The van der Waals surface area contributed by atoms with Crippen molar-refractivity contribution in [1.29, 1.82) is 0 Å². The fraction of sp³-hybridized carbons (Fsp3) is 0.591. The first-order chi connectivity index (χ1) is 11.8. The maximum atomic E-state index is 4.93. The smallest absolute Gasteiger partial charge is 0.0710 e. The second kappa shape index (κ2) is 7.23. The summed E-state index contributed by atoms with van der Waals surface area (Å²) in [6.45, 7) is 6.14. The molecule has 1 aliphatic carbocycles. The summed E-state index contributed by atoms with van der Waals surface area (Å²) in [5, 5.41) is 1.41. The molecular formula is C22H30N2. The average molecular weight is 322 g/mol. The maximum Gasteiger partial charge on any atom is 0.0710 e. The molecule has 0 bridgehead atoms. The first-order valence-corrected chi connectivity index (χ1v) is 9.94. The molecule has 24 heavy (non-hydrogen) atoms. The van der Waals surface area contributed by atoms with E-state index in [0.29, 0.717) is 0 Å². The molecule has 0 spiro atoms. The summed E-state index contributed by atoms with van der Waals surface area (Å²) in [6.07, 6.45) is 11.8. The Morgan fingerprint density at radius 1 is 0.958 bits per heavy atom. The molecule has 1 fully saturated rings. The van der Waals surface area contributed by atoms with E-state index in [-0.39, 0.29) is 0 Å². The van der Waals surface area contributed by atoms with Crippen molar-refractivity contribution in [3.63, 3.8) is 0 Å². The molecule has 1 aromatic carbocycles. The van der Waals surface area contributed by atoms with Crippen molar-refractivity contribution in [3.05, 3.63) is 40.6 Å². The highest BCUT2D eigenvalue weighted by molar-refractivity contribution is 5.84. The Bertz CT molecular complexity index is 713. The van der Waals surface area contributed by atoms with E-state index < -0.39 is 0 Å². The van der Waals surface area contributed by atoms with Crippen LogP contribution in [0.15, 0.2) is 18.2 Å². The van der Waals surface area contributed by atoms with Gasteiger partial charge in [-0.25, -0.2) is 0 Å². The lowest BCUT2D eigenvalue weighted by Crippen LogP contribution is -2.20. The Balaban J connectivity index is 1.45. The van der Waals surface area contributed by atoms with Crippen molar-refractivity contribution in [1.82, 2.24) is 9.88 Å². The second-order valence-corrected chi connectivity index (χ2v) is 7.72. The Morgan fingerprint density at radius 3 is 2.58 bits per heavy atom.